The van der Waals surface area contributed by atoms with Crippen LogP contribution in [-0.2, 0) is 10.1 Å². The average Bonchev–Trinajstić information content (AvgIpc) is 2.79. The van der Waals surface area contributed by atoms with Gasteiger partial charge in [-0.05, 0) is 18.2 Å². The highest BCUT2D eigenvalue weighted by Crippen LogP contribution is 2.29. The van der Waals surface area contributed by atoms with E-state index in [1.165, 1.54) is 12.4 Å². The number of phenolic OH excluding ortho intramolecular Hbond substituents is 1. The standard InChI is InChI=1S/C9H8N4O4S/c14-8-2-1-6(18(15,16)17)5-7(8)12-13-9-10-3-4-11-9/h1-5,14H,(H,10,11)(H,15,16,17). The van der Waals surface area contributed by atoms with E-state index in [2.05, 4.69) is 20.2 Å². The Kier molecular flexibility index (Phi) is 3.08. The van der Waals surface area contributed by atoms with Crippen molar-refractivity contribution < 1.29 is 18.1 Å². The molecule has 0 radical (unpaired) electrons. The van der Waals surface area contributed by atoms with E-state index >= 15 is 0 Å². The molecule has 1 aromatic heterocycles. The Bertz CT molecular complexity index is 679. The van der Waals surface area contributed by atoms with Crippen LogP contribution in [0.1, 0.15) is 0 Å². The van der Waals surface area contributed by atoms with Crippen molar-refractivity contribution in [2.75, 3.05) is 0 Å². The highest BCUT2D eigenvalue weighted by Gasteiger charge is 2.12. The number of phenols is 1. The minimum Gasteiger partial charge on any atom is -0.506 e. The lowest BCUT2D eigenvalue weighted by Crippen LogP contribution is -1.96. The third-order valence-electron chi connectivity index (χ3n) is 1.98. The van der Waals surface area contributed by atoms with E-state index in [0.717, 1.165) is 18.2 Å². The fourth-order valence-electron chi connectivity index (χ4n) is 1.16. The summed E-state index contributed by atoms with van der Waals surface area (Å²) in [4.78, 5) is 6.04. The minimum absolute atomic E-state index is 0.0958. The van der Waals surface area contributed by atoms with Crippen LogP contribution < -0.4 is 0 Å². The highest BCUT2D eigenvalue weighted by molar-refractivity contribution is 7.85. The smallest absolute Gasteiger partial charge is 0.294 e. The molecule has 0 atom stereocenters. The number of nitrogens with zero attached hydrogens (tertiary/aromatic N) is 3. The Morgan fingerprint density at radius 1 is 1.28 bits per heavy atom. The molecule has 0 saturated heterocycles. The molecule has 1 heterocycles. The first-order valence-corrected chi connectivity index (χ1v) is 6.12. The quantitative estimate of drug-likeness (QED) is 0.577. The molecule has 9 heteroatoms. The summed E-state index contributed by atoms with van der Waals surface area (Å²) in [5.41, 5.74) is -0.0958. The van der Waals surface area contributed by atoms with Gasteiger partial charge in [-0.15, -0.1) is 10.2 Å². The van der Waals surface area contributed by atoms with Crippen LogP contribution in [-0.4, -0.2) is 28.0 Å². The number of aromatic nitrogens is 2. The number of hydrogen-bond donors (Lipinski definition) is 3. The van der Waals surface area contributed by atoms with Crippen molar-refractivity contribution in [3.63, 3.8) is 0 Å². The van der Waals surface area contributed by atoms with Crippen LogP contribution in [0.2, 0.25) is 0 Å². The summed E-state index contributed by atoms with van der Waals surface area (Å²) >= 11 is 0. The molecule has 1 aromatic carbocycles. The van der Waals surface area contributed by atoms with Gasteiger partial charge in [-0.25, -0.2) is 4.98 Å². The molecular weight excluding hydrogens is 260 g/mol. The van der Waals surface area contributed by atoms with Crippen molar-refractivity contribution in [3.05, 3.63) is 30.6 Å². The number of aromatic amines is 1. The predicted octanol–water partition coefficient (Wildman–Crippen LogP) is 1.78. The van der Waals surface area contributed by atoms with E-state index < -0.39 is 10.1 Å². The van der Waals surface area contributed by atoms with E-state index in [1.807, 2.05) is 0 Å². The summed E-state index contributed by atoms with van der Waals surface area (Å²) in [6, 6.07) is 3.15. The molecule has 0 unspecified atom stereocenters. The molecule has 94 valence electrons. The molecule has 2 aromatic rings. The van der Waals surface area contributed by atoms with Crippen LogP contribution in [0.15, 0.2) is 45.7 Å². The van der Waals surface area contributed by atoms with Gasteiger partial charge in [-0.1, -0.05) is 0 Å². The molecule has 0 saturated carbocycles. The predicted molar refractivity (Wildman–Crippen MR) is 60.7 cm³/mol. The maximum atomic E-state index is 10.9. The first kappa shape index (κ1) is 12.2. The van der Waals surface area contributed by atoms with Gasteiger partial charge in [-0.2, -0.15) is 8.42 Å². The first-order chi connectivity index (χ1) is 8.47. The van der Waals surface area contributed by atoms with Gasteiger partial charge in [-0.3, -0.25) is 4.55 Å². The van der Waals surface area contributed by atoms with E-state index in [9.17, 15) is 13.5 Å². The third-order valence-corrected chi connectivity index (χ3v) is 2.83. The Morgan fingerprint density at radius 3 is 2.67 bits per heavy atom. The average molecular weight is 268 g/mol. The Labute approximate surface area is 102 Å². The minimum atomic E-state index is -4.35. The lowest BCUT2D eigenvalue weighted by molar-refractivity contribution is 0.473. The van der Waals surface area contributed by atoms with Gasteiger partial charge in [0.2, 0.25) is 5.95 Å². The molecule has 0 amide bonds. The maximum Gasteiger partial charge on any atom is 0.294 e. The third kappa shape index (κ3) is 2.70. The monoisotopic (exact) mass is 268 g/mol. The first-order valence-electron chi connectivity index (χ1n) is 4.68. The van der Waals surface area contributed by atoms with E-state index in [4.69, 9.17) is 4.55 Å². The van der Waals surface area contributed by atoms with Gasteiger partial charge >= 0.3 is 0 Å². The molecule has 0 spiro atoms. The normalized spacial score (nSPS) is 12.1. The number of benzene rings is 1. The largest absolute Gasteiger partial charge is 0.506 e. The van der Waals surface area contributed by atoms with E-state index in [0.29, 0.717) is 0 Å². The molecule has 18 heavy (non-hydrogen) atoms. The number of rotatable bonds is 3. The Balaban J connectivity index is 2.39. The summed E-state index contributed by atoms with van der Waals surface area (Å²) < 4.78 is 30.7. The lowest BCUT2D eigenvalue weighted by atomic mass is 10.3. The number of nitrogens with one attached hydrogen (secondary N) is 1. The maximum absolute atomic E-state index is 10.9. The van der Waals surface area contributed by atoms with Crippen molar-refractivity contribution >= 4 is 21.8 Å². The second-order valence-electron chi connectivity index (χ2n) is 3.24. The van der Waals surface area contributed by atoms with Gasteiger partial charge in [0.15, 0.2) is 0 Å². The summed E-state index contributed by atoms with van der Waals surface area (Å²) in [6.07, 6.45) is 2.99. The number of aromatic hydroxyl groups is 1. The van der Waals surface area contributed by atoms with Gasteiger partial charge in [0.05, 0.1) is 4.90 Å². The van der Waals surface area contributed by atoms with Crippen molar-refractivity contribution in [1.82, 2.24) is 9.97 Å². The summed E-state index contributed by atoms with van der Waals surface area (Å²) in [7, 11) is -4.35. The van der Waals surface area contributed by atoms with Crippen LogP contribution in [0.25, 0.3) is 0 Å². The van der Waals surface area contributed by atoms with Crippen LogP contribution in [0.5, 0.6) is 5.75 Å². The molecule has 3 N–H and O–H groups in total. The van der Waals surface area contributed by atoms with Crippen molar-refractivity contribution in [2.45, 2.75) is 4.90 Å². The summed E-state index contributed by atoms with van der Waals surface area (Å²) in [6.45, 7) is 0. The van der Waals surface area contributed by atoms with Crippen molar-refractivity contribution in [2.24, 2.45) is 10.2 Å². The lowest BCUT2D eigenvalue weighted by Gasteiger charge is -2.00. The van der Waals surface area contributed by atoms with Gasteiger partial charge in [0, 0.05) is 12.4 Å². The van der Waals surface area contributed by atoms with Gasteiger partial charge in [0.1, 0.15) is 11.4 Å². The number of hydrogen-bond acceptors (Lipinski definition) is 6. The second kappa shape index (κ2) is 4.55. The fourth-order valence-corrected chi connectivity index (χ4v) is 1.66. The molecular formula is C9H8N4O4S. The van der Waals surface area contributed by atoms with Gasteiger partial charge in [0.25, 0.3) is 10.1 Å². The molecule has 2 rings (SSSR count). The van der Waals surface area contributed by atoms with Crippen LogP contribution in [0.3, 0.4) is 0 Å². The second-order valence-corrected chi connectivity index (χ2v) is 4.66. The van der Waals surface area contributed by atoms with Crippen LogP contribution >= 0.6 is 0 Å². The fraction of sp³-hybridized carbons (Fsp3) is 0. The zero-order chi connectivity index (χ0) is 13.2. The summed E-state index contributed by atoms with van der Waals surface area (Å²) in [5, 5.41) is 16.7. The molecule has 0 aliphatic heterocycles. The van der Waals surface area contributed by atoms with E-state index in [-0.39, 0.29) is 22.3 Å². The molecule has 0 aliphatic carbocycles. The molecule has 0 bridgehead atoms. The van der Waals surface area contributed by atoms with Gasteiger partial charge < -0.3 is 10.1 Å². The summed E-state index contributed by atoms with van der Waals surface area (Å²) in [5.74, 6) is -0.0654. The molecule has 0 fully saturated rings. The van der Waals surface area contributed by atoms with Crippen LogP contribution in [0.4, 0.5) is 11.6 Å². The SMILES string of the molecule is O=S(=O)(O)c1ccc(O)c(N=Nc2ncc[nH]2)c1. The van der Waals surface area contributed by atoms with E-state index in [1.54, 1.807) is 0 Å². The number of H-pyrrole nitrogens is 1. The Hall–Kier alpha value is -2.26. The van der Waals surface area contributed by atoms with Crippen molar-refractivity contribution in [3.8, 4) is 5.75 Å². The molecule has 8 nitrogen and oxygen atoms in total. The number of imidazole rings is 1. The highest BCUT2D eigenvalue weighted by atomic mass is 32.2. The topological polar surface area (TPSA) is 128 Å². The Morgan fingerprint density at radius 2 is 2.06 bits per heavy atom. The zero-order valence-electron chi connectivity index (χ0n) is 8.85. The molecule has 0 aliphatic rings. The zero-order valence-corrected chi connectivity index (χ0v) is 9.66. The van der Waals surface area contributed by atoms with Crippen LogP contribution in [0, 0.1) is 0 Å². The van der Waals surface area contributed by atoms with Crippen molar-refractivity contribution in [1.29, 1.82) is 0 Å². The number of azo groups is 1.